The first-order valence-corrected chi connectivity index (χ1v) is 10.9. The average Bonchev–Trinajstić information content (AvgIpc) is 3.29. The van der Waals surface area contributed by atoms with Gasteiger partial charge < -0.3 is 19.9 Å². The quantitative estimate of drug-likeness (QED) is 0.700. The van der Waals surface area contributed by atoms with E-state index in [2.05, 4.69) is 11.4 Å². The Bertz CT molecular complexity index is 1140. The summed E-state index contributed by atoms with van der Waals surface area (Å²) in [7, 11) is 1.64. The Hall–Kier alpha value is -3.42. The maximum Gasteiger partial charge on any atom is 0.322 e. The van der Waals surface area contributed by atoms with Crippen LogP contribution in [0.15, 0.2) is 36.4 Å². The van der Waals surface area contributed by atoms with Gasteiger partial charge in [0.05, 0.1) is 19.3 Å². The molecule has 2 aromatic carbocycles. The maximum atomic E-state index is 14.2. The molecular formula is C25H29F2N3O3. The molecule has 1 fully saturated rings. The fourth-order valence-corrected chi connectivity index (χ4v) is 4.65. The minimum Gasteiger partial charge on any atom is -0.497 e. The fourth-order valence-electron chi connectivity index (χ4n) is 4.65. The number of carbonyl (C=O) groups is 2. The normalized spacial score (nSPS) is 18.3. The molecule has 33 heavy (non-hydrogen) atoms. The van der Waals surface area contributed by atoms with Crippen molar-refractivity contribution in [3.05, 3.63) is 64.7 Å². The van der Waals surface area contributed by atoms with E-state index in [-0.39, 0.29) is 37.6 Å². The summed E-state index contributed by atoms with van der Waals surface area (Å²) in [5.74, 6) is -1.22. The molecule has 0 spiro atoms. The van der Waals surface area contributed by atoms with Crippen LogP contribution in [0.2, 0.25) is 0 Å². The number of amides is 3. The summed E-state index contributed by atoms with van der Waals surface area (Å²) in [6.07, 6.45) is 2.89. The van der Waals surface area contributed by atoms with Crippen LogP contribution >= 0.6 is 0 Å². The molecule has 0 aromatic heterocycles. The van der Waals surface area contributed by atoms with Crippen molar-refractivity contribution in [3.8, 4) is 5.75 Å². The maximum absolute atomic E-state index is 14.2. The molecule has 1 N–H and O–H groups in total. The number of urea groups is 1. The molecule has 8 heteroatoms. The molecular weight excluding hydrogens is 428 g/mol. The average molecular weight is 458 g/mol. The number of nitrogens with zero attached hydrogens (tertiary/aromatic N) is 2. The number of nitrogens with one attached hydrogen (secondary N) is 1. The molecule has 2 heterocycles. The van der Waals surface area contributed by atoms with Gasteiger partial charge in [-0.25, -0.2) is 13.6 Å². The number of fused-ring (bicyclic) bond motifs is 1. The van der Waals surface area contributed by atoms with Crippen LogP contribution in [0.3, 0.4) is 0 Å². The smallest absolute Gasteiger partial charge is 0.322 e. The molecule has 0 radical (unpaired) electrons. The third-order valence-corrected chi connectivity index (χ3v) is 6.44. The van der Waals surface area contributed by atoms with Crippen molar-refractivity contribution < 1.29 is 24.5 Å². The number of benzene rings is 2. The van der Waals surface area contributed by atoms with Crippen molar-refractivity contribution >= 4 is 23.2 Å². The summed E-state index contributed by atoms with van der Waals surface area (Å²) in [6, 6.07) is 7.76. The molecule has 3 amide bonds. The SMILES string of the molecule is C/C=C(/c1ccc(OC)cc1C)[C@@H]1CCN(C(=O)CN2Cc3c(ccc(F)c3F)NC2=O)C1.[HH]. The Morgan fingerprint density at radius 1 is 1.30 bits per heavy atom. The lowest BCUT2D eigenvalue weighted by Gasteiger charge is -2.30. The Balaban J connectivity index is 0.00000324. The Morgan fingerprint density at radius 2 is 2.09 bits per heavy atom. The second kappa shape index (κ2) is 9.21. The van der Waals surface area contributed by atoms with E-state index in [1.807, 2.05) is 32.0 Å². The number of halogens is 2. The van der Waals surface area contributed by atoms with Crippen LogP contribution in [-0.4, -0.2) is 48.5 Å². The minimum absolute atomic E-state index is 0. The number of rotatable bonds is 5. The van der Waals surface area contributed by atoms with Crippen molar-refractivity contribution in [2.45, 2.75) is 26.8 Å². The van der Waals surface area contributed by atoms with Crippen LogP contribution in [0.1, 0.15) is 31.5 Å². The third kappa shape index (κ3) is 4.42. The first-order valence-electron chi connectivity index (χ1n) is 10.9. The highest BCUT2D eigenvalue weighted by Gasteiger charge is 2.33. The number of allylic oxidation sites excluding steroid dienone is 1. The second-order valence-corrected chi connectivity index (χ2v) is 8.42. The highest BCUT2D eigenvalue weighted by molar-refractivity contribution is 5.95. The molecule has 0 bridgehead atoms. The molecule has 6 nitrogen and oxygen atoms in total. The topological polar surface area (TPSA) is 61.9 Å². The van der Waals surface area contributed by atoms with Gasteiger partial charge in [0.15, 0.2) is 11.6 Å². The van der Waals surface area contributed by atoms with Crippen LogP contribution < -0.4 is 10.1 Å². The van der Waals surface area contributed by atoms with Crippen molar-refractivity contribution in [3.63, 3.8) is 0 Å². The van der Waals surface area contributed by atoms with Gasteiger partial charge in [0.2, 0.25) is 5.91 Å². The first-order chi connectivity index (χ1) is 15.8. The molecule has 0 saturated carbocycles. The summed E-state index contributed by atoms with van der Waals surface area (Å²) >= 11 is 0. The van der Waals surface area contributed by atoms with Gasteiger partial charge >= 0.3 is 6.03 Å². The second-order valence-electron chi connectivity index (χ2n) is 8.42. The molecule has 2 aromatic rings. The summed E-state index contributed by atoms with van der Waals surface area (Å²) in [5, 5.41) is 2.54. The van der Waals surface area contributed by atoms with E-state index in [1.54, 1.807) is 12.0 Å². The summed E-state index contributed by atoms with van der Waals surface area (Å²) in [5.41, 5.74) is 3.68. The van der Waals surface area contributed by atoms with Gasteiger partial charge in [-0.2, -0.15) is 0 Å². The number of ether oxygens (including phenoxy) is 1. The number of hydrogen-bond donors (Lipinski definition) is 1. The number of aryl methyl sites for hydroxylation is 1. The lowest BCUT2D eigenvalue weighted by molar-refractivity contribution is -0.130. The molecule has 2 aliphatic rings. The standard InChI is InChI=1S/C25H27F2N3O3.H2/c1-4-18(19-6-5-17(33-3)11-15(19)2)16-9-10-29(12-16)23(31)14-30-13-20-22(28-25(30)32)8-7-21(26)24(20)27;/h4-8,11,16H,9-10,12-14H2,1-3H3,(H,28,32);1H/b18-4+;/t16-;/m1./s1. The monoisotopic (exact) mass is 457 g/mol. The van der Waals surface area contributed by atoms with Crippen LogP contribution in [0, 0.1) is 24.5 Å². The summed E-state index contributed by atoms with van der Waals surface area (Å²) in [6.45, 7) is 4.80. The zero-order valence-corrected chi connectivity index (χ0v) is 19.0. The first kappa shape index (κ1) is 22.8. The molecule has 176 valence electrons. The van der Waals surface area contributed by atoms with Crippen molar-refractivity contribution in [1.82, 2.24) is 9.80 Å². The van der Waals surface area contributed by atoms with E-state index in [4.69, 9.17) is 4.74 Å². The van der Waals surface area contributed by atoms with Crippen molar-refractivity contribution in [2.24, 2.45) is 5.92 Å². The van der Waals surface area contributed by atoms with E-state index in [0.29, 0.717) is 13.1 Å². The highest BCUT2D eigenvalue weighted by Crippen LogP contribution is 2.34. The van der Waals surface area contributed by atoms with Crippen molar-refractivity contribution in [1.29, 1.82) is 0 Å². The van der Waals surface area contributed by atoms with Gasteiger partial charge in [-0.05, 0) is 61.2 Å². The molecule has 0 unspecified atom stereocenters. The number of likely N-dealkylation sites (tertiary alicyclic amines) is 1. The van der Waals surface area contributed by atoms with E-state index < -0.39 is 17.7 Å². The van der Waals surface area contributed by atoms with Gasteiger partial charge in [-0.3, -0.25) is 4.79 Å². The number of hydrogen-bond acceptors (Lipinski definition) is 3. The van der Waals surface area contributed by atoms with Crippen LogP contribution in [0.4, 0.5) is 19.3 Å². The zero-order valence-electron chi connectivity index (χ0n) is 19.0. The van der Waals surface area contributed by atoms with Crippen LogP contribution in [-0.2, 0) is 11.3 Å². The lowest BCUT2D eigenvalue weighted by Crippen LogP contribution is -2.45. The molecule has 4 rings (SSSR count). The number of carbonyl (C=O) groups excluding carboxylic acids is 2. The third-order valence-electron chi connectivity index (χ3n) is 6.44. The van der Waals surface area contributed by atoms with Crippen LogP contribution in [0.25, 0.3) is 5.57 Å². The minimum atomic E-state index is -1.00. The summed E-state index contributed by atoms with van der Waals surface area (Å²) in [4.78, 5) is 28.3. The predicted molar refractivity (Wildman–Crippen MR) is 124 cm³/mol. The van der Waals surface area contributed by atoms with E-state index >= 15 is 0 Å². The molecule has 1 saturated heterocycles. The number of methoxy groups -OCH3 is 1. The fraction of sp³-hybridized carbons (Fsp3) is 0.360. The van der Waals surface area contributed by atoms with Crippen LogP contribution in [0.5, 0.6) is 5.75 Å². The largest absolute Gasteiger partial charge is 0.497 e. The Morgan fingerprint density at radius 3 is 2.79 bits per heavy atom. The Kier molecular flexibility index (Phi) is 6.35. The lowest BCUT2D eigenvalue weighted by atomic mass is 9.89. The molecule has 2 aliphatic heterocycles. The van der Waals surface area contributed by atoms with Gasteiger partial charge in [-0.1, -0.05) is 12.1 Å². The number of anilines is 1. The zero-order chi connectivity index (χ0) is 23.7. The summed E-state index contributed by atoms with van der Waals surface area (Å²) < 4.78 is 33.1. The van der Waals surface area contributed by atoms with Gasteiger partial charge in [0.1, 0.15) is 12.3 Å². The Labute approximate surface area is 193 Å². The van der Waals surface area contributed by atoms with E-state index in [0.717, 1.165) is 29.4 Å². The van der Waals surface area contributed by atoms with Gasteiger partial charge in [-0.15, -0.1) is 0 Å². The van der Waals surface area contributed by atoms with E-state index in [9.17, 15) is 18.4 Å². The highest BCUT2D eigenvalue weighted by atomic mass is 19.2. The molecule has 0 aliphatic carbocycles. The van der Waals surface area contributed by atoms with Gasteiger partial charge in [0, 0.05) is 26.0 Å². The van der Waals surface area contributed by atoms with Gasteiger partial charge in [0.25, 0.3) is 0 Å². The van der Waals surface area contributed by atoms with E-state index in [1.165, 1.54) is 16.5 Å². The molecule has 1 atom stereocenters. The van der Waals surface area contributed by atoms with Crippen molar-refractivity contribution in [2.75, 3.05) is 32.1 Å². The predicted octanol–water partition coefficient (Wildman–Crippen LogP) is 4.83.